The smallest absolute Gasteiger partial charge is 0.255 e. The third-order valence-electron chi connectivity index (χ3n) is 6.22. The lowest BCUT2D eigenvalue weighted by atomic mass is 10.1. The summed E-state index contributed by atoms with van der Waals surface area (Å²) in [5.74, 6) is -1.48. The van der Waals surface area contributed by atoms with Crippen LogP contribution in [0.15, 0.2) is 57.9 Å². The lowest BCUT2D eigenvalue weighted by Gasteiger charge is -2.27. The van der Waals surface area contributed by atoms with Crippen molar-refractivity contribution in [1.82, 2.24) is 9.55 Å². The predicted octanol–water partition coefficient (Wildman–Crippen LogP) is 5.84. The van der Waals surface area contributed by atoms with Gasteiger partial charge in [-0.1, -0.05) is 11.6 Å². The van der Waals surface area contributed by atoms with Crippen LogP contribution < -0.4 is 5.56 Å². The van der Waals surface area contributed by atoms with Crippen LogP contribution in [0.2, 0.25) is 5.02 Å². The highest BCUT2D eigenvalue weighted by molar-refractivity contribution is 6.30. The molecule has 200 valence electrons. The Labute approximate surface area is 223 Å². The molecule has 0 atom stereocenters. The average Bonchev–Trinajstić information content (AvgIpc) is 3.30. The molecule has 0 aliphatic rings. The van der Waals surface area contributed by atoms with E-state index in [4.69, 9.17) is 30.2 Å². The molecule has 4 aromatic rings. The summed E-state index contributed by atoms with van der Waals surface area (Å²) in [6.45, 7) is 3.74. The summed E-state index contributed by atoms with van der Waals surface area (Å²) in [5, 5.41) is 0.551. The van der Waals surface area contributed by atoms with E-state index >= 15 is 0 Å². The van der Waals surface area contributed by atoms with Gasteiger partial charge < -0.3 is 18.6 Å². The summed E-state index contributed by atoms with van der Waals surface area (Å²) in [6.07, 6.45) is 1.60. The number of benzene rings is 2. The molecule has 0 saturated heterocycles. The third-order valence-corrected chi connectivity index (χ3v) is 6.44. The number of aromatic nitrogens is 2. The fraction of sp³-hybridized carbons (Fsp3) is 0.286. The summed E-state index contributed by atoms with van der Waals surface area (Å²) >= 11 is 6.20. The van der Waals surface area contributed by atoms with Gasteiger partial charge in [0.05, 0.1) is 24.5 Å². The molecule has 0 aliphatic heterocycles. The van der Waals surface area contributed by atoms with Crippen LogP contribution in [0.4, 0.5) is 8.78 Å². The van der Waals surface area contributed by atoms with Crippen molar-refractivity contribution in [3.8, 4) is 28.3 Å². The Morgan fingerprint density at radius 3 is 2.24 bits per heavy atom. The van der Waals surface area contributed by atoms with E-state index in [-0.39, 0.29) is 41.7 Å². The standard InChI is InChI=1S/C28H27ClF2N2O5/c1-16-10-19(29)11-17(2)25(16)33-13-18(6-9-23(33)34)24-26(21-8-7-20(30)12-22(21)31)38-27(32-24)28(37-5,14-35-3)15-36-4/h6-13H,14-15H2,1-5H3. The number of nitrogens with zero attached hydrogens (tertiary/aromatic N) is 2. The number of methoxy groups -OCH3 is 3. The number of aryl methyl sites for hydroxylation is 2. The number of pyridine rings is 1. The highest BCUT2D eigenvalue weighted by Gasteiger charge is 2.40. The molecule has 0 bridgehead atoms. The van der Waals surface area contributed by atoms with Crippen molar-refractivity contribution in [2.75, 3.05) is 34.5 Å². The molecule has 0 radical (unpaired) electrons. The topological polar surface area (TPSA) is 75.7 Å². The summed E-state index contributed by atoms with van der Waals surface area (Å²) in [4.78, 5) is 17.6. The van der Waals surface area contributed by atoms with Crippen LogP contribution in [0.1, 0.15) is 17.0 Å². The molecule has 0 aliphatic carbocycles. The molecular weight excluding hydrogens is 518 g/mol. The number of ether oxygens (including phenoxy) is 3. The van der Waals surface area contributed by atoms with Gasteiger partial charge in [-0.2, -0.15) is 0 Å². The van der Waals surface area contributed by atoms with Crippen LogP contribution in [0.3, 0.4) is 0 Å². The number of hydrogen-bond acceptors (Lipinski definition) is 6. The van der Waals surface area contributed by atoms with Crippen LogP contribution in [-0.2, 0) is 19.8 Å². The predicted molar refractivity (Wildman–Crippen MR) is 140 cm³/mol. The van der Waals surface area contributed by atoms with Crippen LogP contribution in [0.25, 0.3) is 28.3 Å². The molecule has 0 spiro atoms. The van der Waals surface area contributed by atoms with E-state index in [2.05, 4.69) is 4.98 Å². The van der Waals surface area contributed by atoms with E-state index in [0.29, 0.717) is 16.3 Å². The minimum Gasteiger partial charge on any atom is -0.437 e. The second kappa shape index (κ2) is 11.2. The molecule has 2 heterocycles. The molecule has 0 unspecified atom stereocenters. The van der Waals surface area contributed by atoms with E-state index in [0.717, 1.165) is 23.3 Å². The molecule has 2 aromatic heterocycles. The van der Waals surface area contributed by atoms with Crippen molar-refractivity contribution in [2.45, 2.75) is 19.4 Å². The Kier molecular flexibility index (Phi) is 8.13. The zero-order chi connectivity index (χ0) is 27.6. The highest BCUT2D eigenvalue weighted by atomic mass is 35.5. The molecular formula is C28H27ClF2N2O5. The number of rotatable bonds is 9. The second-order valence-electron chi connectivity index (χ2n) is 8.90. The van der Waals surface area contributed by atoms with Crippen molar-refractivity contribution in [3.05, 3.63) is 92.7 Å². The van der Waals surface area contributed by atoms with Gasteiger partial charge in [-0.15, -0.1) is 0 Å². The monoisotopic (exact) mass is 544 g/mol. The Morgan fingerprint density at radius 2 is 1.66 bits per heavy atom. The molecule has 0 saturated carbocycles. The summed E-state index contributed by atoms with van der Waals surface area (Å²) in [6, 6.07) is 9.63. The van der Waals surface area contributed by atoms with Gasteiger partial charge >= 0.3 is 0 Å². The largest absolute Gasteiger partial charge is 0.437 e. The highest BCUT2D eigenvalue weighted by Crippen LogP contribution is 2.38. The third kappa shape index (κ3) is 5.15. The first-order valence-electron chi connectivity index (χ1n) is 11.6. The van der Waals surface area contributed by atoms with Gasteiger partial charge in [-0.25, -0.2) is 13.8 Å². The zero-order valence-corrected chi connectivity index (χ0v) is 22.4. The maximum Gasteiger partial charge on any atom is 0.255 e. The van der Waals surface area contributed by atoms with Crippen molar-refractivity contribution in [2.24, 2.45) is 0 Å². The van der Waals surface area contributed by atoms with Crippen molar-refractivity contribution in [1.29, 1.82) is 0 Å². The fourth-order valence-electron chi connectivity index (χ4n) is 4.49. The SMILES string of the molecule is COCC(COC)(OC)c1nc(-c2ccc(=O)n(-c3c(C)cc(Cl)cc3C)c2)c(-c2ccc(F)cc2F)o1. The fourth-order valence-corrected chi connectivity index (χ4v) is 4.82. The molecule has 38 heavy (non-hydrogen) atoms. The summed E-state index contributed by atoms with van der Waals surface area (Å²) < 4.78 is 52.7. The number of halogens is 3. The van der Waals surface area contributed by atoms with E-state index in [1.54, 1.807) is 24.4 Å². The van der Waals surface area contributed by atoms with E-state index in [9.17, 15) is 13.6 Å². The molecule has 2 aromatic carbocycles. The Morgan fingerprint density at radius 1 is 1.00 bits per heavy atom. The number of oxazole rings is 1. The quantitative estimate of drug-likeness (QED) is 0.263. The Bertz CT molecular complexity index is 1500. The molecule has 10 heteroatoms. The Hall–Kier alpha value is -3.37. The van der Waals surface area contributed by atoms with Gasteiger partial charge in [0.15, 0.2) is 11.4 Å². The zero-order valence-electron chi connectivity index (χ0n) is 21.6. The first kappa shape index (κ1) is 27.7. The first-order valence-corrected chi connectivity index (χ1v) is 12.0. The van der Waals surface area contributed by atoms with Crippen molar-refractivity contribution >= 4 is 11.6 Å². The number of hydrogen-bond donors (Lipinski definition) is 0. The van der Waals surface area contributed by atoms with Gasteiger partial charge in [-0.05, 0) is 55.3 Å². The molecule has 0 fully saturated rings. The first-order chi connectivity index (χ1) is 18.1. The normalized spacial score (nSPS) is 11.8. The minimum absolute atomic E-state index is 0.0170. The van der Waals surface area contributed by atoms with E-state index in [1.807, 2.05) is 13.8 Å². The van der Waals surface area contributed by atoms with E-state index < -0.39 is 17.2 Å². The van der Waals surface area contributed by atoms with Gasteiger partial charge in [0.25, 0.3) is 5.56 Å². The second-order valence-corrected chi connectivity index (χ2v) is 9.34. The minimum atomic E-state index is -1.26. The van der Waals surface area contributed by atoms with Gasteiger partial charge in [-0.3, -0.25) is 9.36 Å². The van der Waals surface area contributed by atoms with Crippen molar-refractivity contribution < 1.29 is 27.4 Å². The molecule has 7 nitrogen and oxygen atoms in total. The van der Waals surface area contributed by atoms with Gasteiger partial charge in [0, 0.05) is 50.2 Å². The lowest BCUT2D eigenvalue weighted by molar-refractivity contribution is -0.123. The van der Waals surface area contributed by atoms with Gasteiger partial charge in [0.2, 0.25) is 5.89 Å². The maximum atomic E-state index is 15.0. The lowest BCUT2D eigenvalue weighted by Crippen LogP contribution is -2.38. The summed E-state index contributed by atoms with van der Waals surface area (Å²) in [5.41, 5.74) is 1.35. The van der Waals surface area contributed by atoms with Crippen molar-refractivity contribution in [3.63, 3.8) is 0 Å². The summed E-state index contributed by atoms with van der Waals surface area (Å²) in [7, 11) is 4.42. The van der Waals surface area contributed by atoms with Crippen LogP contribution >= 0.6 is 11.6 Å². The van der Waals surface area contributed by atoms with Crippen LogP contribution in [-0.4, -0.2) is 44.1 Å². The maximum absolute atomic E-state index is 15.0. The average molecular weight is 545 g/mol. The van der Waals surface area contributed by atoms with Gasteiger partial charge in [0.1, 0.15) is 17.3 Å². The molecule has 0 N–H and O–H groups in total. The molecule has 0 amide bonds. The van der Waals surface area contributed by atoms with E-state index in [1.165, 1.54) is 38.0 Å². The van der Waals surface area contributed by atoms with Crippen LogP contribution in [0, 0.1) is 25.5 Å². The molecule has 4 rings (SSSR count). The van der Waals surface area contributed by atoms with Crippen LogP contribution in [0.5, 0.6) is 0 Å². The Balaban J connectivity index is 2.00.